The van der Waals surface area contributed by atoms with Crippen LogP contribution in [0.25, 0.3) is 6.08 Å². The van der Waals surface area contributed by atoms with E-state index in [0.717, 1.165) is 16.7 Å². The first-order chi connectivity index (χ1) is 14.4. The van der Waals surface area contributed by atoms with Gasteiger partial charge in [-0.3, -0.25) is 19.3 Å². The molecule has 2 aromatic carbocycles. The lowest BCUT2D eigenvalue weighted by Gasteiger charge is -2.12. The third-order valence-corrected chi connectivity index (χ3v) is 5.98. The highest BCUT2D eigenvalue weighted by Gasteiger charge is 2.36. The highest BCUT2D eigenvalue weighted by molar-refractivity contribution is 9.11. The van der Waals surface area contributed by atoms with E-state index in [4.69, 9.17) is 4.74 Å². The first-order valence-corrected chi connectivity index (χ1v) is 11.1. The molecule has 154 valence electrons. The monoisotopic (exact) mass is 550 g/mol. The van der Waals surface area contributed by atoms with Gasteiger partial charge in [0.15, 0.2) is 0 Å². The van der Waals surface area contributed by atoms with Crippen molar-refractivity contribution < 1.29 is 19.1 Å². The number of para-hydroxylation sites is 1. The van der Waals surface area contributed by atoms with E-state index >= 15 is 0 Å². The fraction of sp³-hybridized carbons (Fsp3) is 0.0952. The van der Waals surface area contributed by atoms with E-state index in [2.05, 4.69) is 43.8 Å². The van der Waals surface area contributed by atoms with Gasteiger partial charge in [0, 0.05) is 5.69 Å². The van der Waals surface area contributed by atoms with Crippen LogP contribution in [-0.2, 0) is 9.59 Å². The van der Waals surface area contributed by atoms with Crippen LogP contribution >= 0.6 is 43.6 Å². The number of rotatable bonds is 7. The predicted molar refractivity (Wildman–Crippen MR) is 125 cm³/mol. The number of carbonyl (C=O) groups is 3. The fourth-order valence-corrected chi connectivity index (χ4v) is 4.89. The van der Waals surface area contributed by atoms with Gasteiger partial charge in [0.25, 0.3) is 11.1 Å². The Morgan fingerprint density at radius 2 is 1.83 bits per heavy atom. The molecule has 0 atom stereocenters. The molecule has 3 rings (SSSR count). The van der Waals surface area contributed by atoms with Crippen molar-refractivity contribution in [1.29, 1.82) is 0 Å². The first kappa shape index (κ1) is 22.3. The van der Waals surface area contributed by atoms with Gasteiger partial charge in [-0.25, -0.2) is 0 Å². The smallest absolute Gasteiger partial charge is 0.294 e. The van der Waals surface area contributed by atoms with Crippen LogP contribution in [0.4, 0.5) is 10.5 Å². The quantitative estimate of drug-likeness (QED) is 0.366. The lowest BCUT2D eigenvalue weighted by molar-refractivity contribution is -0.127. The molecule has 1 N–H and O–H groups in total. The summed E-state index contributed by atoms with van der Waals surface area (Å²) < 4.78 is 6.95. The summed E-state index contributed by atoms with van der Waals surface area (Å²) in [7, 11) is 0. The maximum Gasteiger partial charge on any atom is 0.294 e. The van der Waals surface area contributed by atoms with Crippen molar-refractivity contribution in [3.05, 3.63) is 74.5 Å². The van der Waals surface area contributed by atoms with Crippen LogP contribution < -0.4 is 10.1 Å². The second-order valence-electron chi connectivity index (χ2n) is 6.10. The third kappa shape index (κ3) is 5.41. The number of nitrogens with zero attached hydrogens (tertiary/aromatic N) is 1. The molecule has 0 unspecified atom stereocenters. The van der Waals surface area contributed by atoms with Crippen molar-refractivity contribution >= 4 is 72.4 Å². The minimum Gasteiger partial charge on any atom is -0.487 e. The number of hydrogen-bond acceptors (Lipinski definition) is 5. The van der Waals surface area contributed by atoms with E-state index in [1.165, 1.54) is 0 Å². The molecule has 0 spiro atoms. The Hall–Kier alpha value is -2.36. The molecule has 6 nitrogen and oxygen atoms in total. The zero-order valence-electron chi connectivity index (χ0n) is 15.6. The Kier molecular flexibility index (Phi) is 7.52. The van der Waals surface area contributed by atoms with E-state index in [-0.39, 0.29) is 11.4 Å². The standard InChI is InChI=1S/C21H16Br2N2O4S/c1-2-8-29-19-15(22)9-13(10-16(19)23)11-17-20(27)25(21(28)30-17)12-18(26)24-14-6-4-3-5-7-14/h2-7,9-11H,1,8,12H2,(H,24,26)/b17-11-. The average Bonchev–Trinajstić information content (AvgIpc) is 2.95. The van der Waals surface area contributed by atoms with Crippen LogP contribution in [0.2, 0.25) is 0 Å². The third-order valence-electron chi connectivity index (χ3n) is 3.90. The number of ether oxygens (including phenoxy) is 1. The summed E-state index contributed by atoms with van der Waals surface area (Å²) in [5.41, 5.74) is 1.29. The minimum atomic E-state index is -0.507. The van der Waals surface area contributed by atoms with Gasteiger partial charge in [0.2, 0.25) is 5.91 Å². The molecular weight excluding hydrogens is 536 g/mol. The lowest BCUT2D eigenvalue weighted by Crippen LogP contribution is -2.36. The average molecular weight is 552 g/mol. The molecular formula is C21H16Br2N2O4S. The summed E-state index contributed by atoms with van der Waals surface area (Å²) in [4.78, 5) is 38.3. The normalized spacial score (nSPS) is 14.9. The van der Waals surface area contributed by atoms with Crippen LogP contribution in [0, 0.1) is 0 Å². The summed E-state index contributed by atoms with van der Waals surface area (Å²) in [6.45, 7) is 3.62. The van der Waals surface area contributed by atoms with Gasteiger partial charge in [0.1, 0.15) is 18.9 Å². The van der Waals surface area contributed by atoms with Crippen molar-refractivity contribution in [1.82, 2.24) is 4.90 Å². The summed E-state index contributed by atoms with van der Waals surface area (Å²) in [6.07, 6.45) is 3.24. The number of nitrogens with one attached hydrogen (secondary N) is 1. The van der Waals surface area contributed by atoms with Gasteiger partial charge in [-0.2, -0.15) is 0 Å². The van der Waals surface area contributed by atoms with Crippen molar-refractivity contribution in [2.24, 2.45) is 0 Å². The maximum absolute atomic E-state index is 12.7. The maximum atomic E-state index is 12.7. The first-order valence-electron chi connectivity index (χ1n) is 8.72. The number of amides is 3. The van der Waals surface area contributed by atoms with Gasteiger partial charge in [-0.05, 0) is 79.5 Å². The Morgan fingerprint density at radius 1 is 1.17 bits per heavy atom. The summed E-state index contributed by atoms with van der Waals surface area (Å²) >= 11 is 7.68. The number of halogens is 2. The lowest BCUT2D eigenvalue weighted by atomic mass is 10.2. The second kappa shape index (κ2) is 10.1. The molecule has 9 heteroatoms. The summed E-state index contributed by atoms with van der Waals surface area (Å²) in [5, 5.41) is 2.18. The number of carbonyl (C=O) groups excluding carboxylic acids is 3. The van der Waals surface area contributed by atoms with Crippen LogP contribution in [0.3, 0.4) is 0 Å². The Morgan fingerprint density at radius 3 is 2.47 bits per heavy atom. The van der Waals surface area contributed by atoms with Crippen molar-refractivity contribution in [3.8, 4) is 5.75 Å². The van der Waals surface area contributed by atoms with Gasteiger partial charge < -0.3 is 10.1 Å². The van der Waals surface area contributed by atoms with Gasteiger partial charge in [0.05, 0.1) is 13.9 Å². The molecule has 30 heavy (non-hydrogen) atoms. The molecule has 1 fully saturated rings. The van der Waals surface area contributed by atoms with Gasteiger partial charge in [-0.15, -0.1) is 0 Å². The summed E-state index contributed by atoms with van der Waals surface area (Å²) in [6, 6.07) is 12.4. The molecule has 0 aromatic heterocycles. The number of imide groups is 1. The minimum absolute atomic E-state index is 0.242. The fourth-order valence-electron chi connectivity index (χ4n) is 2.60. The van der Waals surface area contributed by atoms with Crippen LogP contribution in [0.5, 0.6) is 5.75 Å². The van der Waals surface area contributed by atoms with E-state index in [9.17, 15) is 14.4 Å². The van der Waals surface area contributed by atoms with E-state index < -0.39 is 17.1 Å². The van der Waals surface area contributed by atoms with E-state index in [1.54, 1.807) is 48.6 Å². The Bertz CT molecular complexity index is 1020. The number of benzene rings is 2. The van der Waals surface area contributed by atoms with E-state index in [1.807, 2.05) is 6.07 Å². The summed E-state index contributed by atoms with van der Waals surface area (Å²) in [5.74, 6) is -0.343. The molecule has 2 aromatic rings. The Labute approximate surface area is 194 Å². The Balaban J connectivity index is 1.73. The zero-order valence-corrected chi connectivity index (χ0v) is 19.6. The van der Waals surface area contributed by atoms with Gasteiger partial charge >= 0.3 is 0 Å². The molecule has 0 bridgehead atoms. The van der Waals surface area contributed by atoms with Crippen molar-refractivity contribution in [2.75, 3.05) is 18.5 Å². The second-order valence-corrected chi connectivity index (χ2v) is 8.80. The number of anilines is 1. The van der Waals surface area contributed by atoms with Crippen molar-refractivity contribution in [3.63, 3.8) is 0 Å². The molecule has 0 aliphatic carbocycles. The number of thioether (sulfide) groups is 1. The largest absolute Gasteiger partial charge is 0.487 e. The van der Waals surface area contributed by atoms with Crippen LogP contribution in [-0.4, -0.2) is 35.1 Å². The predicted octanol–water partition coefficient (Wildman–Crippen LogP) is 5.45. The zero-order chi connectivity index (χ0) is 21.7. The molecule has 0 radical (unpaired) electrons. The number of hydrogen-bond donors (Lipinski definition) is 1. The molecule has 1 saturated heterocycles. The molecule has 1 heterocycles. The van der Waals surface area contributed by atoms with Gasteiger partial charge in [-0.1, -0.05) is 30.9 Å². The molecule has 0 saturated carbocycles. The highest BCUT2D eigenvalue weighted by Crippen LogP contribution is 2.37. The van der Waals surface area contributed by atoms with Crippen LogP contribution in [0.1, 0.15) is 5.56 Å². The topological polar surface area (TPSA) is 75.7 Å². The van der Waals surface area contributed by atoms with E-state index in [0.29, 0.717) is 32.6 Å². The molecule has 1 aliphatic heterocycles. The SMILES string of the molecule is C=CCOc1c(Br)cc(/C=C2\SC(=O)N(CC(=O)Nc3ccccc3)C2=O)cc1Br. The molecule has 3 amide bonds. The molecule has 1 aliphatic rings. The highest BCUT2D eigenvalue weighted by atomic mass is 79.9. The van der Waals surface area contributed by atoms with Crippen molar-refractivity contribution in [2.45, 2.75) is 0 Å². The van der Waals surface area contributed by atoms with Crippen LogP contribution in [0.15, 0.2) is 69.0 Å².